The van der Waals surface area contributed by atoms with Crippen LogP contribution in [0.5, 0.6) is 5.75 Å². The number of rotatable bonds is 17. The van der Waals surface area contributed by atoms with E-state index in [4.69, 9.17) is 22.7 Å². The molecule has 0 amide bonds. The molecule has 0 aliphatic heterocycles. The predicted octanol–water partition coefficient (Wildman–Crippen LogP) is 16.7. The minimum absolute atomic E-state index is 0.346. The van der Waals surface area contributed by atoms with Crippen LogP contribution in [0.2, 0.25) is 0 Å². The maximum Gasteiger partial charge on any atom is 0.257 e. The average Bonchev–Trinajstić information content (AvgIpc) is 1.78. The fourth-order valence-electron chi connectivity index (χ4n) is 23.1. The minimum Gasteiger partial charge on any atom is -0.497 e. The van der Waals surface area contributed by atoms with Crippen molar-refractivity contribution in [2.45, 2.75) is 223 Å². The van der Waals surface area contributed by atoms with Gasteiger partial charge < -0.3 is 44.0 Å². The molecule has 0 saturated heterocycles. The Balaban J connectivity index is 0.0000000975. The van der Waals surface area contributed by atoms with Gasteiger partial charge in [-0.25, -0.2) is 4.98 Å². The van der Waals surface area contributed by atoms with Gasteiger partial charge in [0.25, 0.3) is 17.7 Å². The third-order valence-corrected chi connectivity index (χ3v) is 25.8. The first-order valence-corrected chi connectivity index (χ1v) is 37.5. The number of aromatic nitrogens is 7. The summed E-state index contributed by atoms with van der Waals surface area (Å²) in [5.41, 5.74) is 10.1. The zero-order valence-corrected chi connectivity index (χ0v) is 57.7. The SMILES string of the molecule is COc1ccc(-c2nc(CNC34CC5CC(CC(C5)C3)C4)co2)cc1.Cc1ccc(-c2nc(CNC34CC5CC(CC(C5)C3)C4)no2)cc1.Cc1ccc(-c2nc(CNC34CC5CC(CC(C5)C3)C4)no2)cc1.Cc1cccc(-c2nc(CNC34CC5CC(CC(C5)C3)C4)no2)c1. The summed E-state index contributed by atoms with van der Waals surface area (Å²) in [6.07, 6.45) is 35.7. The topological polar surface area (TPSA) is 200 Å². The summed E-state index contributed by atoms with van der Waals surface area (Å²) in [5, 5.41) is 27.9. The molecule has 0 radical (unpaired) electrons. The lowest BCUT2D eigenvalue weighted by molar-refractivity contribution is -0.0211. The summed E-state index contributed by atoms with van der Waals surface area (Å²) < 4.78 is 27.3. The maximum atomic E-state index is 5.70. The van der Waals surface area contributed by atoms with Crippen LogP contribution in [0, 0.1) is 91.8 Å². The molecule has 0 atom stereocenters. The van der Waals surface area contributed by atoms with E-state index in [1.165, 1.54) is 171 Å². The second kappa shape index (κ2) is 26.3. The molecule has 4 aromatic heterocycles. The Bertz CT molecular complexity index is 3730. The molecule has 4 heterocycles. The van der Waals surface area contributed by atoms with Crippen LogP contribution < -0.4 is 26.0 Å². The molecule has 8 aromatic rings. The summed E-state index contributed by atoms with van der Waals surface area (Å²) in [5.74, 6) is 17.2. The van der Waals surface area contributed by atoms with Gasteiger partial charge in [-0.15, -0.1) is 0 Å². The van der Waals surface area contributed by atoms with Crippen molar-refractivity contribution in [3.05, 3.63) is 143 Å². The minimum atomic E-state index is 0.346. The van der Waals surface area contributed by atoms with Crippen LogP contribution in [0.15, 0.2) is 121 Å². The Morgan fingerprint density at radius 2 is 0.660 bits per heavy atom. The Hall–Kier alpha value is -6.85. The highest BCUT2D eigenvalue weighted by atomic mass is 16.5. The van der Waals surface area contributed by atoms with E-state index in [-0.39, 0.29) is 0 Å². The van der Waals surface area contributed by atoms with Gasteiger partial charge in [0, 0.05) is 51.0 Å². The predicted molar refractivity (Wildman–Crippen MR) is 373 cm³/mol. The zero-order chi connectivity index (χ0) is 65.3. The number of hydrogen-bond acceptors (Lipinski definition) is 16. The van der Waals surface area contributed by atoms with Gasteiger partial charge in [0.05, 0.1) is 32.4 Å². The number of aryl methyl sites for hydroxylation is 3. The lowest BCUT2D eigenvalue weighted by Crippen LogP contribution is -2.58. The van der Waals surface area contributed by atoms with Gasteiger partial charge in [-0.1, -0.05) is 68.6 Å². The number of oxazole rings is 1. The van der Waals surface area contributed by atoms with Crippen LogP contribution in [-0.2, 0) is 26.2 Å². The smallest absolute Gasteiger partial charge is 0.257 e. The molecule has 97 heavy (non-hydrogen) atoms. The normalized spacial score (nSPS) is 33.7. The van der Waals surface area contributed by atoms with E-state index < -0.39 is 0 Å². The Morgan fingerprint density at radius 3 is 0.990 bits per heavy atom. The lowest BCUT2D eigenvalue weighted by Gasteiger charge is -2.57. The van der Waals surface area contributed by atoms with Crippen LogP contribution in [0.1, 0.15) is 194 Å². The number of methoxy groups -OCH3 is 1. The summed E-state index contributed by atoms with van der Waals surface area (Å²) in [4.78, 5) is 18.5. The van der Waals surface area contributed by atoms with Crippen molar-refractivity contribution in [1.82, 2.24) is 56.7 Å². The molecule has 4 N–H and O–H groups in total. The fraction of sp³-hybridized carbons (Fsp3) is 0.593. The summed E-state index contributed by atoms with van der Waals surface area (Å²) in [6, 6.07) is 32.5. The van der Waals surface area contributed by atoms with Gasteiger partial charge in [0.1, 0.15) is 12.0 Å². The Labute approximate surface area is 572 Å². The number of ether oxygens (including phenoxy) is 1. The third kappa shape index (κ3) is 14.1. The zero-order valence-electron chi connectivity index (χ0n) is 57.7. The fourth-order valence-corrected chi connectivity index (χ4v) is 23.1. The number of nitrogens with zero attached hydrogens (tertiary/aromatic N) is 7. The first-order valence-electron chi connectivity index (χ1n) is 37.5. The molecule has 0 unspecified atom stereocenters. The van der Waals surface area contributed by atoms with Crippen LogP contribution >= 0.6 is 0 Å². The van der Waals surface area contributed by atoms with E-state index in [0.717, 1.165) is 148 Å². The second-order valence-electron chi connectivity index (χ2n) is 33.7. The quantitative estimate of drug-likeness (QED) is 0.0670. The van der Waals surface area contributed by atoms with E-state index in [1.54, 1.807) is 13.4 Å². The highest BCUT2D eigenvalue weighted by Gasteiger charge is 2.54. The summed E-state index contributed by atoms with van der Waals surface area (Å²) >= 11 is 0. The average molecular weight is 1310 g/mol. The molecule has 16 nitrogen and oxygen atoms in total. The van der Waals surface area contributed by atoms with Gasteiger partial charge in [-0.2, -0.15) is 15.0 Å². The van der Waals surface area contributed by atoms with Crippen LogP contribution in [0.25, 0.3) is 45.8 Å². The van der Waals surface area contributed by atoms with Crippen molar-refractivity contribution >= 4 is 0 Å². The molecule has 16 aliphatic carbocycles. The molecular weight excluding hydrogens is 1210 g/mol. The van der Waals surface area contributed by atoms with Crippen LogP contribution in [0.4, 0.5) is 0 Å². The second-order valence-corrected chi connectivity index (χ2v) is 33.7. The molecule has 0 spiro atoms. The van der Waals surface area contributed by atoms with Gasteiger partial charge in [0.15, 0.2) is 17.5 Å². The maximum absolute atomic E-state index is 5.70. The first kappa shape index (κ1) is 63.6. The van der Waals surface area contributed by atoms with Gasteiger partial charge in [0.2, 0.25) is 5.89 Å². The van der Waals surface area contributed by atoms with Crippen molar-refractivity contribution in [1.29, 1.82) is 0 Å². The molecule has 4 aromatic carbocycles. The molecule has 510 valence electrons. The molecule has 16 aliphatic rings. The lowest BCUT2D eigenvalue weighted by atomic mass is 9.53. The highest BCUT2D eigenvalue weighted by molar-refractivity contribution is 5.56. The van der Waals surface area contributed by atoms with Crippen molar-refractivity contribution in [2.24, 2.45) is 71.0 Å². The molecule has 16 fully saturated rings. The van der Waals surface area contributed by atoms with E-state index >= 15 is 0 Å². The van der Waals surface area contributed by atoms with Crippen LogP contribution in [-0.4, -0.2) is 64.7 Å². The van der Waals surface area contributed by atoms with Gasteiger partial charge in [-0.3, -0.25) is 0 Å². The van der Waals surface area contributed by atoms with E-state index in [0.29, 0.717) is 45.7 Å². The van der Waals surface area contributed by atoms with Crippen molar-refractivity contribution in [2.75, 3.05) is 7.11 Å². The number of hydrogen-bond donors (Lipinski definition) is 4. The number of nitrogens with one attached hydrogen (secondary N) is 4. The largest absolute Gasteiger partial charge is 0.497 e. The van der Waals surface area contributed by atoms with Crippen LogP contribution in [0.3, 0.4) is 0 Å². The van der Waals surface area contributed by atoms with Gasteiger partial charge >= 0.3 is 0 Å². The summed E-state index contributed by atoms with van der Waals surface area (Å²) in [6.45, 7) is 9.22. The highest BCUT2D eigenvalue weighted by Crippen LogP contribution is 2.59. The van der Waals surface area contributed by atoms with E-state index in [9.17, 15) is 0 Å². The van der Waals surface area contributed by atoms with Crippen molar-refractivity contribution < 1.29 is 22.7 Å². The van der Waals surface area contributed by atoms with Crippen molar-refractivity contribution in [3.8, 4) is 51.6 Å². The summed E-state index contributed by atoms with van der Waals surface area (Å²) in [7, 11) is 1.67. The van der Waals surface area contributed by atoms with Gasteiger partial charge in [-0.05, 0) is 307 Å². The standard InChI is InChI=1S/C21H26N2O2.3C20H25N3O/c1-24-19-4-2-17(3-5-19)20-23-18(13-25-20)12-22-21-9-14-6-15(10-21)8-16(7-14)11-21;2*1-13-2-4-17(5-3-13)19-22-18(23-24-19)12-21-20-9-14-6-15(10-20)8-16(7-14)11-20;1-13-3-2-4-17(5-13)19-22-18(23-24-19)12-21-20-9-14-6-15(10-20)8-16(7-14)11-20/h2-5,13-16,22H,6-12H2,1H3;3*2-5,14-16,21H,6-12H2,1H3. The third-order valence-electron chi connectivity index (χ3n) is 25.8. The monoisotopic (exact) mass is 1310 g/mol. The molecule has 16 bridgehead atoms. The van der Waals surface area contributed by atoms with E-state index in [2.05, 4.69) is 114 Å². The molecule has 24 rings (SSSR count). The number of benzene rings is 4. The molecular formula is C81H101N11O5. The van der Waals surface area contributed by atoms with E-state index in [1.807, 2.05) is 60.7 Å². The first-order chi connectivity index (χ1) is 47.2. The Kier molecular flexibility index (Phi) is 17.3. The molecule has 16 heteroatoms. The Morgan fingerprint density at radius 1 is 0.351 bits per heavy atom. The van der Waals surface area contributed by atoms with Crippen molar-refractivity contribution in [3.63, 3.8) is 0 Å². The molecule has 16 saturated carbocycles.